The van der Waals surface area contributed by atoms with Crippen molar-refractivity contribution in [3.05, 3.63) is 60.2 Å². The number of unbranched alkanes of at least 4 members (excludes halogenated alkanes) is 1. The fourth-order valence-electron chi connectivity index (χ4n) is 3.06. The van der Waals surface area contributed by atoms with Gasteiger partial charge in [-0.15, -0.1) is 0 Å². The first-order valence-electron chi connectivity index (χ1n) is 11.2. The highest BCUT2D eigenvalue weighted by molar-refractivity contribution is 5.89. The molecule has 0 aliphatic heterocycles. The summed E-state index contributed by atoms with van der Waals surface area (Å²) in [5, 5.41) is 2.98. The van der Waals surface area contributed by atoms with Gasteiger partial charge in [0, 0.05) is 25.4 Å². The summed E-state index contributed by atoms with van der Waals surface area (Å²) in [6.45, 7) is 8.65. The summed E-state index contributed by atoms with van der Waals surface area (Å²) >= 11 is 0. The zero-order chi connectivity index (χ0) is 22.3. The van der Waals surface area contributed by atoms with E-state index in [0.717, 1.165) is 30.7 Å². The van der Waals surface area contributed by atoms with E-state index in [1.54, 1.807) is 4.90 Å². The highest BCUT2D eigenvalue weighted by Crippen LogP contribution is 2.17. The number of hydrogen-bond acceptors (Lipinski definition) is 4. The van der Waals surface area contributed by atoms with Gasteiger partial charge in [0.25, 0.3) is 0 Å². The van der Waals surface area contributed by atoms with Crippen LogP contribution in [0.1, 0.15) is 39.2 Å². The van der Waals surface area contributed by atoms with Crippen LogP contribution in [0.25, 0.3) is 0 Å². The van der Waals surface area contributed by atoms with Crippen molar-refractivity contribution in [2.45, 2.75) is 46.3 Å². The lowest BCUT2D eigenvalue weighted by Crippen LogP contribution is -2.43. The molecule has 0 unspecified atom stereocenters. The van der Waals surface area contributed by atoms with Gasteiger partial charge in [-0.3, -0.25) is 0 Å². The molecule has 0 saturated carbocycles. The van der Waals surface area contributed by atoms with Crippen LogP contribution in [-0.4, -0.2) is 50.1 Å². The fourth-order valence-corrected chi connectivity index (χ4v) is 3.06. The Morgan fingerprint density at radius 3 is 2.26 bits per heavy atom. The molecule has 0 heterocycles. The van der Waals surface area contributed by atoms with Gasteiger partial charge in [-0.1, -0.05) is 43.7 Å². The van der Waals surface area contributed by atoms with Gasteiger partial charge >= 0.3 is 6.03 Å². The Labute approximate surface area is 186 Å². The van der Waals surface area contributed by atoms with Crippen molar-refractivity contribution in [2.75, 3.05) is 38.2 Å². The van der Waals surface area contributed by atoms with Crippen LogP contribution in [0.5, 0.6) is 5.75 Å². The number of ether oxygens (including phenoxy) is 3. The third-order valence-electron chi connectivity index (χ3n) is 4.75. The zero-order valence-corrected chi connectivity index (χ0v) is 19.0. The molecule has 2 aromatic rings. The lowest BCUT2D eigenvalue weighted by molar-refractivity contribution is -0.142. The monoisotopic (exact) mass is 428 g/mol. The molecule has 0 aromatic heterocycles. The molecule has 0 radical (unpaired) electrons. The normalized spacial score (nSPS) is 10.8. The minimum atomic E-state index is -0.453. The molecule has 170 valence electrons. The number of urea groups is 1. The summed E-state index contributed by atoms with van der Waals surface area (Å²) in [5.74, 6) is 0.806. The van der Waals surface area contributed by atoms with Crippen LogP contribution in [0.15, 0.2) is 54.6 Å². The second kappa shape index (κ2) is 14.4. The zero-order valence-electron chi connectivity index (χ0n) is 19.0. The van der Waals surface area contributed by atoms with E-state index in [9.17, 15) is 4.79 Å². The summed E-state index contributed by atoms with van der Waals surface area (Å²) in [5.41, 5.74) is 1.90. The predicted octanol–water partition coefficient (Wildman–Crippen LogP) is 5.34. The highest BCUT2D eigenvalue weighted by Gasteiger charge is 2.20. The topological polar surface area (TPSA) is 60.0 Å². The number of nitrogens with one attached hydrogen (secondary N) is 1. The smallest absolute Gasteiger partial charge is 0.322 e. The van der Waals surface area contributed by atoms with E-state index in [2.05, 4.69) is 24.4 Å². The standard InChI is InChI=1S/C25H36N2O4/c1-4-7-19-31-23-15-13-22(14-16-23)26-25(28)27(20-24(29-5-2)30-6-3)18-17-21-11-9-8-10-12-21/h8-16,24H,4-7,17-20H2,1-3H3,(H,26,28). The molecule has 0 spiro atoms. The number of hydrogen-bond donors (Lipinski definition) is 1. The second-order valence-corrected chi connectivity index (χ2v) is 7.18. The largest absolute Gasteiger partial charge is 0.494 e. The maximum absolute atomic E-state index is 13.0. The quantitative estimate of drug-likeness (QED) is 0.326. The maximum atomic E-state index is 13.0. The van der Waals surface area contributed by atoms with Crippen LogP contribution >= 0.6 is 0 Å². The number of carbonyl (C=O) groups is 1. The van der Waals surface area contributed by atoms with Crippen LogP contribution in [0.3, 0.4) is 0 Å². The van der Waals surface area contributed by atoms with Crippen molar-refractivity contribution in [1.29, 1.82) is 0 Å². The summed E-state index contributed by atoms with van der Waals surface area (Å²) in [4.78, 5) is 14.8. The highest BCUT2D eigenvalue weighted by atomic mass is 16.7. The Hall–Kier alpha value is -2.57. The second-order valence-electron chi connectivity index (χ2n) is 7.18. The Balaban J connectivity index is 2.01. The summed E-state index contributed by atoms with van der Waals surface area (Å²) < 4.78 is 17.0. The molecule has 6 nitrogen and oxygen atoms in total. The van der Waals surface area contributed by atoms with Gasteiger partial charge in [0.15, 0.2) is 6.29 Å². The van der Waals surface area contributed by atoms with E-state index in [4.69, 9.17) is 14.2 Å². The van der Waals surface area contributed by atoms with Crippen molar-refractivity contribution in [3.8, 4) is 5.75 Å². The summed E-state index contributed by atoms with van der Waals surface area (Å²) in [6, 6.07) is 17.4. The maximum Gasteiger partial charge on any atom is 0.322 e. The fraction of sp³-hybridized carbons (Fsp3) is 0.480. The van der Waals surface area contributed by atoms with Crippen LogP contribution < -0.4 is 10.1 Å². The first-order chi connectivity index (χ1) is 15.2. The molecule has 0 bridgehead atoms. The van der Waals surface area contributed by atoms with Gasteiger partial charge in [0.2, 0.25) is 0 Å². The minimum Gasteiger partial charge on any atom is -0.494 e. The molecule has 0 aliphatic rings. The molecule has 0 aliphatic carbocycles. The van der Waals surface area contributed by atoms with Gasteiger partial charge in [0.1, 0.15) is 5.75 Å². The van der Waals surface area contributed by atoms with Crippen molar-refractivity contribution in [2.24, 2.45) is 0 Å². The lowest BCUT2D eigenvalue weighted by Gasteiger charge is -2.27. The molecular weight excluding hydrogens is 392 g/mol. The SMILES string of the molecule is CCCCOc1ccc(NC(=O)N(CCc2ccccc2)CC(OCC)OCC)cc1. The van der Waals surface area contributed by atoms with Crippen LogP contribution in [-0.2, 0) is 15.9 Å². The third kappa shape index (κ3) is 9.40. The Kier molecular flexibility index (Phi) is 11.5. The van der Waals surface area contributed by atoms with Crippen LogP contribution in [0.2, 0.25) is 0 Å². The van der Waals surface area contributed by atoms with Gasteiger partial charge in [-0.2, -0.15) is 0 Å². The summed E-state index contributed by atoms with van der Waals surface area (Å²) in [7, 11) is 0. The molecule has 1 N–H and O–H groups in total. The number of benzene rings is 2. The molecule has 0 fully saturated rings. The first-order valence-corrected chi connectivity index (χ1v) is 11.2. The van der Waals surface area contributed by atoms with E-state index in [0.29, 0.717) is 32.9 Å². The van der Waals surface area contributed by atoms with E-state index in [1.807, 2.05) is 56.3 Å². The molecule has 6 heteroatoms. The van der Waals surface area contributed by atoms with Crippen molar-refractivity contribution in [3.63, 3.8) is 0 Å². The van der Waals surface area contributed by atoms with E-state index in [-0.39, 0.29) is 6.03 Å². The Morgan fingerprint density at radius 1 is 0.968 bits per heavy atom. The average Bonchev–Trinajstić information content (AvgIpc) is 2.79. The van der Waals surface area contributed by atoms with Crippen molar-refractivity contribution in [1.82, 2.24) is 4.90 Å². The minimum absolute atomic E-state index is 0.181. The van der Waals surface area contributed by atoms with Crippen LogP contribution in [0.4, 0.5) is 10.5 Å². The Bertz CT molecular complexity index is 731. The van der Waals surface area contributed by atoms with Gasteiger partial charge < -0.3 is 24.4 Å². The lowest BCUT2D eigenvalue weighted by atomic mass is 10.1. The molecule has 2 aromatic carbocycles. The van der Waals surface area contributed by atoms with Gasteiger partial charge in [0.05, 0.1) is 13.2 Å². The van der Waals surface area contributed by atoms with Crippen molar-refractivity contribution >= 4 is 11.7 Å². The van der Waals surface area contributed by atoms with E-state index >= 15 is 0 Å². The molecule has 2 amide bonds. The Morgan fingerprint density at radius 2 is 1.65 bits per heavy atom. The van der Waals surface area contributed by atoms with E-state index < -0.39 is 6.29 Å². The van der Waals surface area contributed by atoms with Gasteiger partial charge in [-0.05, 0) is 56.5 Å². The molecule has 0 atom stereocenters. The predicted molar refractivity (Wildman–Crippen MR) is 125 cm³/mol. The molecular formula is C25H36N2O4. The number of amides is 2. The van der Waals surface area contributed by atoms with Crippen LogP contribution in [0, 0.1) is 0 Å². The molecule has 31 heavy (non-hydrogen) atoms. The average molecular weight is 429 g/mol. The summed E-state index contributed by atoms with van der Waals surface area (Å²) in [6.07, 6.45) is 2.42. The number of nitrogens with zero attached hydrogens (tertiary/aromatic N) is 1. The molecule has 0 saturated heterocycles. The first kappa shape index (κ1) is 24.7. The molecule has 2 rings (SSSR count). The van der Waals surface area contributed by atoms with E-state index in [1.165, 1.54) is 5.56 Å². The number of anilines is 1. The number of carbonyl (C=O) groups excluding carboxylic acids is 1. The third-order valence-corrected chi connectivity index (χ3v) is 4.75. The van der Waals surface area contributed by atoms with Crippen molar-refractivity contribution < 1.29 is 19.0 Å². The number of rotatable bonds is 14. The van der Waals surface area contributed by atoms with Gasteiger partial charge in [-0.25, -0.2) is 4.79 Å².